The summed E-state index contributed by atoms with van der Waals surface area (Å²) in [6.45, 7) is 3.07. The number of nitrogens with zero attached hydrogens (tertiary/aromatic N) is 2. The first-order chi connectivity index (χ1) is 11.1. The highest BCUT2D eigenvalue weighted by molar-refractivity contribution is 6.30. The molecule has 1 aliphatic heterocycles. The fourth-order valence-electron chi connectivity index (χ4n) is 3.02. The van der Waals surface area contributed by atoms with Crippen LogP contribution in [0.2, 0.25) is 5.02 Å². The first-order valence-corrected chi connectivity index (χ1v) is 7.95. The van der Waals surface area contributed by atoms with Crippen molar-refractivity contribution in [1.82, 2.24) is 10.2 Å². The van der Waals surface area contributed by atoms with Gasteiger partial charge in [0.05, 0.1) is 4.92 Å². The summed E-state index contributed by atoms with van der Waals surface area (Å²) in [5, 5.41) is 15.3. The summed E-state index contributed by atoms with van der Waals surface area (Å²) < 4.78 is 0. The molecule has 0 aromatic heterocycles. The Morgan fingerprint density at radius 3 is 2.79 bits per heavy atom. The molecule has 1 fully saturated rings. The zero-order valence-corrected chi connectivity index (χ0v) is 14.6. The molecular weight excluding hydrogens is 349 g/mol. The van der Waals surface area contributed by atoms with Gasteiger partial charge in [-0.15, -0.1) is 12.4 Å². The van der Waals surface area contributed by atoms with E-state index in [0.29, 0.717) is 11.6 Å². The number of nitrogens with one attached hydrogen (secondary N) is 1. The minimum Gasteiger partial charge on any atom is -0.314 e. The highest BCUT2D eigenvalue weighted by Crippen LogP contribution is 2.28. The van der Waals surface area contributed by atoms with Crippen LogP contribution in [0, 0.1) is 10.1 Å². The molecule has 24 heavy (non-hydrogen) atoms. The number of nitro benzene ring substituents is 1. The van der Waals surface area contributed by atoms with Gasteiger partial charge in [-0.1, -0.05) is 41.9 Å². The molecule has 2 aromatic carbocycles. The molecule has 7 heteroatoms. The Morgan fingerprint density at radius 2 is 2.04 bits per heavy atom. The molecule has 128 valence electrons. The van der Waals surface area contributed by atoms with Crippen molar-refractivity contribution < 1.29 is 4.92 Å². The van der Waals surface area contributed by atoms with Gasteiger partial charge in [0.2, 0.25) is 0 Å². The minimum atomic E-state index is -0.314. The lowest BCUT2D eigenvalue weighted by Gasteiger charge is -2.36. The molecular formula is C17H19Cl2N3O2. The second kappa shape index (κ2) is 8.44. The topological polar surface area (TPSA) is 58.4 Å². The quantitative estimate of drug-likeness (QED) is 0.659. The van der Waals surface area contributed by atoms with Gasteiger partial charge in [-0.3, -0.25) is 15.0 Å². The number of benzene rings is 2. The highest BCUT2D eigenvalue weighted by atomic mass is 35.5. The Balaban J connectivity index is 0.00000208. The monoisotopic (exact) mass is 367 g/mol. The molecule has 0 aliphatic carbocycles. The van der Waals surface area contributed by atoms with Gasteiger partial charge in [0.25, 0.3) is 5.69 Å². The van der Waals surface area contributed by atoms with E-state index in [1.165, 1.54) is 0 Å². The molecule has 1 heterocycles. The van der Waals surface area contributed by atoms with Gasteiger partial charge in [-0.05, 0) is 17.7 Å². The summed E-state index contributed by atoms with van der Waals surface area (Å²) in [5.41, 5.74) is 2.05. The highest BCUT2D eigenvalue weighted by Gasteiger charge is 2.26. The molecule has 1 unspecified atom stereocenters. The van der Waals surface area contributed by atoms with Crippen LogP contribution >= 0.6 is 24.0 Å². The third kappa shape index (κ3) is 4.24. The van der Waals surface area contributed by atoms with Crippen LogP contribution < -0.4 is 5.32 Å². The lowest BCUT2D eigenvalue weighted by Crippen LogP contribution is -2.45. The molecule has 3 rings (SSSR count). The van der Waals surface area contributed by atoms with E-state index in [9.17, 15) is 10.1 Å². The second-order valence-electron chi connectivity index (χ2n) is 5.63. The van der Waals surface area contributed by atoms with Crippen molar-refractivity contribution in [3.63, 3.8) is 0 Å². The van der Waals surface area contributed by atoms with E-state index in [2.05, 4.69) is 16.3 Å². The smallest absolute Gasteiger partial charge is 0.273 e. The third-order valence-electron chi connectivity index (χ3n) is 4.15. The summed E-state index contributed by atoms with van der Waals surface area (Å²) in [6, 6.07) is 14.9. The average molecular weight is 368 g/mol. The number of para-hydroxylation sites is 1. The van der Waals surface area contributed by atoms with E-state index in [0.717, 1.165) is 30.8 Å². The summed E-state index contributed by atoms with van der Waals surface area (Å²) >= 11 is 6.11. The van der Waals surface area contributed by atoms with Crippen molar-refractivity contribution in [3.8, 4) is 0 Å². The van der Waals surface area contributed by atoms with Crippen molar-refractivity contribution in [2.75, 3.05) is 19.6 Å². The molecule has 0 radical (unpaired) electrons. The maximum atomic E-state index is 11.2. The van der Waals surface area contributed by atoms with Gasteiger partial charge in [0, 0.05) is 48.9 Å². The summed E-state index contributed by atoms with van der Waals surface area (Å²) in [6.07, 6.45) is 0. The summed E-state index contributed by atoms with van der Waals surface area (Å²) in [7, 11) is 0. The molecule has 0 amide bonds. The number of rotatable bonds is 4. The van der Waals surface area contributed by atoms with Crippen molar-refractivity contribution >= 4 is 29.7 Å². The van der Waals surface area contributed by atoms with Crippen LogP contribution in [0.15, 0.2) is 48.5 Å². The Bertz CT molecular complexity index is 712. The van der Waals surface area contributed by atoms with E-state index in [1.807, 2.05) is 30.3 Å². The molecule has 0 saturated carbocycles. The maximum absolute atomic E-state index is 11.2. The normalized spacial score (nSPS) is 18.0. The van der Waals surface area contributed by atoms with Crippen LogP contribution in [0.4, 0.5) is 5.69 Å². The van der Waals surface area contributed by atoms with Gasteiger partial charge in [-0.2, -0.15) is 0 Å². The summed E-state index contributed by atoms with van der Waals surface area (Å²) in [4.78, 5) is 13.2. The Kier molecular flexibility index (Phi) is 6.57. The Labute approximate surface area is 152 Å². The van der Waals surface area contributed by atoms with Gasteiger partial charge >= 0.3 is 0 Å². The standard InChI is InChI=1S/C17H18ClN3O2.ClH/c18-15-6-3-5-13(10-15)17-11-19-8-9-20(17)12-14-4-1-2-7-16(14)21(22)23;/h1-7,10,17,19H,8-9,11-12H2;1H. The molecule has 1 saturated heterocycles. The number of hydrogen-bond donors (Lipinski definition) is 1. The maximum Gasteiger partial charge on any atom is 0.273 e. The third-order valence-corrected chi connectivity index (χ3v) is 4.38. The number of halogens is 2. The predicted molar refractivity (Wildman–Crippen MR) is 97.8 cm³/mol. The molecule has 0 spiro atoms. The van der Waals surface area contributed by atoms with Gasteiger partial charge in [0.1, 0.15) is 0 Å². The fourth-order valence-corrected chi connectivity index (χ4v) is 3.22. The SMILES string of the molecule is Cl.O=[N+]([O-])c1ccccc1CN1CCNCC1c1cccc(Cl)c1. The van der Waals surface area contributed by atoms with E-state index in [4.69, 9.17) is 11.6 Å². The zero-order valence-electron chi connectivity index (χ0n) is 13.0. The molecule has 0 bridgehead atoms. The van der Waals surface area contributed by atoms with Gasteiger partial charge in [-0.25, -0.2) is 0 Å². The average Bonchev–Trinajstić information content (AvgIpc) is 2.56. The minimum absolute atomic E-state index is 0. The number of nitro groups is 1. The van der Waals surface area contributed by atoms with Crippen LogP contribution in [0.3, 0.4) is 0 Å². The Morgan fingerprint density at radius 1 is 1.25 bits per heavy atom. The molecule has 1 aliphatic rings. The van der Waals surface area contributed by atoms with E-state index >= 15 is 0 Å². The first-order valence-electron chi connectivity index (χ1n) is 7.57. The Hall–Kier alpha value is -1.66. The zero-order chi connectivity index (χ0) is 16.2. The number of hydrogen-bond acceptors (Lipinski definition) is 4. The van der Waals surface area contributed by atoms with Crippen molar-refractivity contribution in [1.29, 1.82) is 0 Å². The van der Waals surface area contributed by atoms with E-state index in [-0.39, 0.29) is 29.1 Å². The van der Waals surface area contributed by atoms with Crippen LogP contribution in [0.5, 0.6) is 0 Å². The predicted octanol–water partition coefficient (Wildman–Crippen LogP) is 3.82. The van der Waals surface area contributed by atoms with Crippen LogP contribution in [0.1, 0.15) is 17.2 Å². The van der Waals surface area contributed by atoms with Crippen molar-refractivity contribution in [2.45, 2.75) is 12.6 Å². The lowest BCUT2D eigenvalue weighted by atomic mass is 10.0. The van der Waals surface area contributed by atoms with Gasteiger partial charge in [0.15, 0.2) is 0 Å². The van der Waals surface area contributed by atoms with Crippen LogP contribution in [-0.4, -0.2) is 29.5 Å². The van der Waals surface area contributed by atoms with Crippen molar-refractivity contribution in [3.05, 3.63) is 74.8 Å². The van der Waals surface area contributed by atoms with E-state index < -0.39 is 0 Å². The second-order valence-corrected chi connectivity index (χ2v) is 6.07. The largest absolute Gasteiger partial charge is 0.314 e. The number of piperazine rings is 1. The fraction of sp³-hybridized carbons (Fsp3) is 0.294. The molecule has 1 atom stereocenters. The van der Waals surface area contributed by atoms with E-state index in [1.54, 1.807) is 12.1 Å². The summed E-state index contributed by atoms with van der Waals surface area (Å²) in [5.74, 6) is 0. The molecule has 5 nitrogen and oxygen atoms in total. The lowest BCUT2D eigenvalue weighted by molar-refractivity contribution is -0.385. The molecule has 1 N–H and O–H groups in total. The van der Waals surface area contributed by atoms with Crippen LogP contribution in [-0.2, 0) is 6.54 Å². The van der Waals surface area contributed by atoms with Crippen molar-refractivity contribution in [2.24, 2.45) is 0 Å². The van der Waals surface area contributed by atoms with Crippen LogP contribution in [0.25, 0.3) is 0 Å². The first kappa shape index (κ1) is 18.7. The molecule has 2 aromatic rings. The van der Waals surface area contributed by atoms with Gasteiger partial charge < -0.3 is 5.32 Å².